The number of hydrogen-bond acceptors (Lipinski definition) is 6. The van der Waals surface area contributed by atoms with Gasteiger partial charge in [0.1, 0.15) is 11.7 Å². The highest BCUT2D eigenvalue weighted by Crippen LogP contribution is 2.33. The molecule has 1 aromatic heterocycles. The molecule has 23 heavy (non-hydrogen) atoms. The minimum atomic E-state index is -0.377. The van der Waals surface area contributed by atoms with Gasteiger partial charge in [-0.25, -0.2) is 4.98 Å². The van der Waals surface area contributed by atoms with Crippen molar-refractivity contribution in [3.8, 4) is 0 Å². The van der Waals surface area contributed by atoms with Crippen molar-refractivity contribution < 1.29 is 14.3 Å². The van der Waals surface area contributed by atoms with Gasteiger partial charge in [-0.05, 0) is 13.8 Å². The molecule has 6 nitrogen and oxygen atoms in total. The van der Waals surface area contributed by atoms with E-state index in [-0.39, 0.29) is 17.6 Å². The van der Waals surface area contributed by atoms with Crippen LogP contribution in [0.15, 0.2) is 0 Å². The zero-order valence-corrected chi connectivity index (χ0v) is 15.1. The zero-order chi connectivity index (χ0) is 16.6. The second kappa shape index (κ2) is 6.47. The van der Waals surface area contributed by atoms with Crippen molar-refractivity contribution >= 4 is 17.2 Å². The number of aromatic nitrogens is 1. The average molecular weight is 339 g/mol. The highest BCUT2D eigenvalue weighted by Gasteiger charge is 2.47. The van der Waals surface area contributed by atoms with Crippen molar-refractivity contribution in [2.75, 3.05) is 40.4 Å². The fourth-order valence-electron chi connectivity index (χ4n) is 3.35. The maximum Gasteiger partial charge on any atom is 0.251 e. The maximum atomic E-state index is 12.1. The van der Waals surface area contributed by atoms with Crippen molar-refractivity contribution in [3.63, 3.8) is 0 Å². The smallest absolute Gasteiger partial charge is 0.251 e. The molecule has 7 heteroatoms. The first-order valence-electron chi connectivity index (χ1n) is 8.00. The molecule has 128 valence electrons. The molecular formula is C16H25N3O3S. The summed E-state index contributed by atoms with van der Waals surface area (Å²) in [6.45, 7) is 7.90. The van der Waals surface area contributed by atoms with Gasteiger partial charge in [-0.2, -0.15) is 0 Å². The van der Waals surface area contributed by atoms with E-state index in [1.165, 1.54) is 4.88 Å². The topological polar surface area (TPSA) is 54.9 Å². The standard InChI is InChI=1S/C16H25N3O3S/c1-11-14(23-12(2)17-11)8-19-5-6-22-16(9-19)7-13(21-10-16)15(20)18(3)4/h13H,5-10H2,1-4H3. The van der Waals surface area contributed by atoms with E-state index in [1.807, 2.05) is 6.92 Å². The van der Waals surface area contributed by atoms with Gasteiger partial charge < -0.3 is 14.4 Å². The second-order valence-corrected chi connectivity index (χ2v) is 8.01. The van der Waals surface area contributed by atoms with Crippen molar-refractivity contribution in [1.29, 1.82) is 0 Å². The van der Waals surface area contributed by atoms with Gasteiger partial charge in [-0.3, -0.25) is 9.69 Å². The van der Waals surface area contributed by atoms with E-state index < -0.39 is 0 Å². The van der Waals surface area contributed by atoms with Crippen LogP contribution in [0.5, 0.6) is 0 Å². The third-order valence-electron chi connectivity index (χ3n) is 4.52. The van der Waals surface area contributed by atoms with Crippen molar-refractivity contribution in [3.05, 3.63) is 15.6 Å². The van der Waals surface area contributed by atoms with E-state index >= 15 is 0 Å². The molecule has 2 unspecified atom stereocenters. The number of carbonyl (C=O) groups excluding carboxylic acids is 1. The zero-order valence-electron chi connectivity index (χ0n) is 14.3. The molecule has 0 aromatic carbocycles. The third kappa shape index (κ3) is 3.57. The number of amides is 1. The number of hydrogen-bond donors (Lipinski definition) is 0. The van der Waals surface area contributed by atoms with Crippen LogP contribution in [0.3, 0.4) is 0 Å². The lowest BCUT2D eigenvalue weighted by Crippen LogP contribution is -2.52. The van der Waals surface area contributed by atoms with Crippen LogP contribution in [0.2, 0.25) is 0 Å². The average Bonchev–Trinajstić information content (AvgIpc) is 3.02. The number of thiazole rings is 1. The minimum absolute atomic E-state index is 0.0246. The molecule has 0 saturated carbocycles. The summed E-state index contributed by atoms with van der Waals surface area (Å²) in [6, 6.07) is 0. The van der Waals surface area contributed by atoms with Gasteiger partial charge in [0.05, 0.1) is 23.9 Å². The molecule has 0 bridgehead atoms. The largest absolute Gasteiger partial charge is 0.370 e. The van der Waals surface area contributed by atoms with Gasteiger partial charge in [-0.1, -0.05) is 0 Å². The Balaban J connectivity index is 1.64. The predicted molar refractivity (Wildman–Crippen MR) is 88.6 cm³/mol. The Bertz CT molecular complexity index is 589. The molecule has 1 aromatic rings. The number of nitrogens with zero attached hydrogens (tertiary/aromatic N) is 3. The summed E-state index contributed by atoms with van der Waals surface area (Å²) in [7, 11) is 3.53. The Morgan fingerprint density at radius 3 is 2.91 bits per heavy atom. The SMILES string of the molecule is Cc1nc(C)c(CN2CCOC3(COC(C(=O)N(C)C)C3)C2)s1. The number of ether oxygens (including phenoxy) is 2. The van der Waals surface area contributed by atoms with Gasteiger partial charge in [0.15, 0.2) is 0 Å². The lowest BCUT2D eigenvalue weighted by atomic mass is 9.97. The van der Waals surface area contributed by atoms with Gasteiger partial charge in [0, 0.05) is 45.0 Å². The quantitative estimate of drug-likeness (QED) is 0.828. The maximum absolute atomic E-state index is 12.1. The molecule has 2 aliphatic heterocycles. The Hall–Kier alpha value is -1.02. The Labute approximate surface area is 141 Å². The Morgan fingerprint density at radius 2 is 2.26 bits per heavy atom. The lowest BCUT2D eigenvalue weighted by Gasteiger charge is -2.39. The van der Waals surface area contributed by atoms with E-state index in [1.54, 1.807) is 30.3 Å². The van der Waals surface area contributed by atoms with E-state index in [2.05, 4.69) is 16.8 Å². The Kier molecular flexibility index (Phi) is 4.73. The van der Waals surface area contributed by atoms with Crippen molar-refractivity contribution in [2.24, 2.45) is 0 Å². The molecule has 1 spiro atoms. The Morgan fingerprint density at radius 1 is 1.48 bits per heavy atom. The lowest BCUT2D eigenvalue weighted by molar-refractivity contribution is -0.138. The van der Waals surface area contributed by atoms with Crippen LogP contribution >= 0.6 is 11.3 Å². The molecule has 3 rings (SSSR count). The number of aryl methyl sites for hydroxylation is 2. The minimum Gasteiger partial charge on any atom is -0.370 e. The van der Waals surface area contributed by atoms with Crippen molar-refractivity contribution in [1.82, 2.24) is 14.8 Å². The molecule has 0 aliphatic carbocycles. The monoisotopic (exact) mass is 339 g/mol. The highest BCUT2D eigenvalue weighted by molar-refractivity contribution is 7.11. The van der Waals surface area contributed by atoms with Gasteiger partial charge in [0.2, 0.25) is 0 Å². The van der Waals surface area contributed by atoms with E-state index in [0.29, 0.717) is 19.6 Å². The summed E-state index contributed by atoms with van der Waals surface area (Å²) >= 11 is 1.76. The number of carbonyl (C=O) groups is 1. The molecule has 2 saturated heterocycles. The summed E-state index contributed by atoms with van der Waals surface area (Å²) in [5, 5.41) is 1.11. The van der Waals surface area contributed by atoms with E-state index in [9.17, 15) is 4.79 Å². The first kappa shape index (κ1) is 16.8. The van der Waals surface area contributed by atoms with Gasteiger partial charge in [-0.15, -0.1) is 11.3 Å². The van der Waals surface area contributed by atoms with E-state index in [4.69, 9.17) is 9.47 Å². The summed E-state index contributed by atoms with van der Waals surface area (Å²) in [5.41, 5.74) is 0.777. The third-order valence-corrected chi connectivity index (χ3v) is 5.57. The summed E-state index contributed by atoms with van der Waals surface area (Å²) < 4.78 is 11.8. The fraction of sp³-hybridized carbons (Fsp3) is 0.750. The molecule has 2 atom stereocenters. The first-order chi connectivity index (χ1) is 10.9. The molecule has 0 radical (unpaired) electrons. The van der Waals surface area contributed by atoms with Gasteiger partial charge >= 0.3 is 0 Å². The molecular weight excluding hydrogens is 314 g/mol. The molecule has 0 N–H and O–H groups in total. The summed E-state index contributed by atoms with van der Waals surface area (Å²) in [6.07, 6.45) is 0.263. The predicted octanol–water partition coefficient (Wildman–Crippen LogP) is 1.21. The number of likely N-dealkylation sites (N-methyl/N-ethyl adjacent to an activating group) is 1. The van der Waals surface area contributed by atoms with Crippen LogP contribution in [-0.2, 0) is 20.8 Å². The second-order valence-electron chi connectivity index (χ2n) is 6.72. The van der Waals surface area contributed by atoms with E-state index in [0.717, 1.165) is 30.3 Å². The normalized spacial score (nSPS) is 28.4. The van der Waals surface area contributed by atoms with Gasteiger partial charge in [0.25, 0.3) is 5.91 Å². The number of morpholine rings is 1. The highest BCUT2D eigenvalue weighted by atomic mass is 32.1. The van der Waals surface area contributed by atoms with Crippen LogP contribution in [-0.4, -0.2) is 72.8 Å². The van der Waals surface area contributed by atoms with Crippen LogP contribution in [0.4, 0.5) is 0 Å². The van der Waals surface area contributed by atoms with Crippen LogP contribution < -0.4 is 0 Å². The molecule has 2 fully saturated rings. The van der Waals surface area contributed by atoms with Crippen LogP contribution in [0, 0.1) is 13.8 Å². The fourth-order valence-corrected chi connectivity index (χ4v) is 4.33. The number of rotatable bonds is 3. The summed E-state index contributed by atoms with van der Waals surface area (Å²) in [4.78, 5) is 21.9. The van der Waals surface area contributed by atoms with Crippen LogP contribution in [0.25, 0.3) is 0 Å². The van der Waals surface area contributed by atoms with Crippen molar-refractivity contribution in [2.45, 2.75) is 38.5 Å². The molecule has 2 aliphatic rings. The molecule has 1 amide bonds. The first-order valence-corrected chi connectivity index (χ1v) is 8.82. The summed E-state index contributed by atoms with van der Waals surface area (Å²) in [5.74, 6) is 0.0246. The molecule has 3 heterocycles. The van der Waals surface area contributed by atoms with Crippen LogP contribution in [0.1, 0.15) is 22.0 Å².